The van der Waals surface area contributed by atoms with Crippen LogP contribution in [0.4, 0.5) is 5.82 Å². The number of rotatable bonds is 8. The lowest BCUT2D eigenvalue weighted by Gasteiger charge is -2.16. The number of aromatic nitrogens is 1. The lowest BCUT2D eigenvalue weighted by Crippen LogP contribution is -2.37. The molecule has 2 fully saturated rings. The molecular formula is C19H31N5O2. The minimum atomic E-state index is 0.281. The monoisotopic (exact) mass is 361 g/mol. The summed E-state index contributed by atoms with van der Waals surface area (Å²) in [4.78, 5) is 11.2. The van der Waals surface area contributed by atoms with E-state index in [0.29, 0.717) is 6.54 Å². The molecule has 26 heavy (non-hydrogen) atoms. The third kappa shape index (κ3) is 5.85. The Morgan fingerprint density at radius 2 is 2.23 bits per heavy atom. The van der Waals surface area contributed by atoms with Gasteiger partial charge in [-0.3, -0.25) is 4.99 Å². The smallest absolute Gasteiger partial charge is 0.191 e. The highest BCUT2D eigenvalue weighted by molar-refractivity contribution is 5.79. The Labute approximate surface area is 156 Å². The summed E-state index contributed by atoms with van der Waals surface area (Å²) in [6.07, 6.45) is 6.73. The van der Waals surface area contributed by atoms with Crippen molar-refractivity contribution in [3.8, 4) is 0 Å². The van der Waals surface area contributed by atoms with Gasteiger partial charge in [0.1, 0.15) is 5.82 Å². The standard InChI is InChI=1S/C19H31N5O2/c1-20-19(21-8-4-11-26-17-7-12-25-15-17)23-14-16-5-6-18(22-13-16)24-9-2-3-10-24/h5-6,13,17H,2-4,7-12,14-15H2,1H3,(H2,20,21,23). The van der Waals surface area contributed by atoms with Gasteiger partial charge in [0.15, 0.2) is 5.96 Å². The van der Waals surface area contributed by atoms with E-state index in [9.17, 15) is 0 Å². The summed E-state index contributed by atoms with van der Waals surface area (Å²) in [5.41, 5.74) is 1.15. The number of guanidine groups is 1. The predicted molar refractivity (Wildman–Crippen MR) is 104 cm³/mol. The highest BCUT2D eigenvalue weighted by atomic mass is 16.5. The molecule has 1 atom stereocenters. The lowest BCUT2D eigenvalue weighted by atomic mass is 10.3. The maximum Gasteiger partial charge on any atom is 0.191 e. The Hall–Kier alpha value is -1.86. The van der Waals surface area contributed by atoms with Crippen LogP contribution < -0.4 is 15.5 Å². The van der Waals surface area contributed by atoms with Crippen LogP contribution in [-0.2, 0) is 16.0 Å². The second kappa shape index (κ2) is 10.3. The number of hydrogen-bond donors (Lipinski definition) is 2. The van der Waals surface area contributed by atoms with Gasteiger partial charge >= 0.3 is 0 Å². The van der Waals surface area contributed by atoms with E-state index < -0.39 is 0 Å². The van der Waals surface area contributed by atoms with Gasteiger partial charge in [-0.25, -0.2) is 4.98 Å². The molecule has 2 N–H and O–H groups in total. The van der Waals surface area contributed by atoms with Crippen LogP contribution in [-0.4, -0.2) is 63.6 Å². The Morgan fingerprint density at radius 1 is 1.35 bits per heavy atom. The van der Waals surface area contributed by atoms with E-state index in [0.717, 1.165) is 69.6 Å². The van der Waals surface area contributed by atoms with E-state index in [1.807, 2.05) is 6.20 Å². The van der Waals surface area contributed by atoms with Crippen molar-refractivity contribution < 1.29 is 9.47 Å². The molecule has 7 nitrogen and oxygen atoms in total. The van der Waals surface area contributed by atoms with E-state index >= 15 is 0 Å². The first-order valence-electron chi connectivity index (χ1n) is 9.69. The first-order chi connectivity index (χ1) is 12.8. The number of aliphatic imine (C=N–C) groups is 1. The van der Waals surface area contributed by atoms with Crippen LogP contribution >= 0.6 is 0 Å². The first kappa shape index (κ1) is 18.9. The molecule has 2 aliphatic rings. The van der Waals surface area contributed by atoms with Crippen molar-refractivity contribution in [3.05, 3.63) is 23.9 Å². The van der Waals surface area contributed by atoms with Crippen molar-refractivity contribution in [1.29, 1.82) is 0 Å². The van der Waals surface area contributed by atoms with Crippen LogP contribution in [0.3, 0.4) is 0 Å². The van der Waals surface area contributed by atoms with Gasteiger partial charge in [0, 0.05) is 52.6 Å². The summed E-state index contributed by atoms with van der Waals surface area (Å²) in [6, 6.07) is 4.25. The minimum absolute atomic E-state index is 0.281. The summed E-state index contributed by atoms with van der Waals surface area (Å²) in [5, 5.41) is 6.65. The quantitative estimate of drug-likeness (QED) is 0.416. The molecule has 1 aromatic heterocycles. The molecule has 2 saturated heterocycles. The fourth-order valence-corrected chi connectivity index (χ4v) is 3.23. The van der Waals surface area contributed by atoms with Crippen molar-refractivity contribution in [2.24, 2.45) is 4.99 Å². The third-order valence-corrected chi connectivity index (χ3v) is 4.78. The second-order valence-electron chi connectivity index (χ2n) is 6.78. The maximum absolute atomic E-state index is 5.76. The fraction of sp³-hybridized carbons (Fsp3) is 0.684. The number of nitrogens with one attached hydrogen (secondary N) is 2. The molecule has 3 rings (SSSR count). The molecule has 0 radical (unpaired) electrons. The van der Waals surface area contributed by atoms with Crippen molar-refractivity contribution in [2.75, 3.05) is 51.4 Å². The number of nitrogens with zero attached hydrogens (tertiary/aromatic N) is 3. The number of pyridine rings is 1. The van der Waals surface area contributed by atoms with E-state index in [4.69, 9.17) is 9.47 Å². The molecule has 0 saturated carbocycles. The van der Waals surface area contributed by atoms with Crippen LogP contribution in [0.15, 0.2) is 23.3 Å². The molecule has 144 valence electrons. The average molecular weight is 361 g/mol. The molecule has 7 heteroatoms. The Kier molecular flexibility index (Phi) is 7.51. The van der Waals surface area contributed by atoms with Gasteiger partial charge in [-0.1, -0.05) is 6.07 Å². The van der Waals surface area contributed by atoms with E-state index in [1.165, 1.54) is 12.8 Å². The summed E-state index contributed by atoms with van der Waals surface area (Å²) in [7, 11) is 1.79. The number of hydrogen-bond acceptors (Lipinski definition) is 5. The van der Waals surface area contributed by atoms with Gasteiger partial charge in [-0.2, -0.15) is 0 Å². The molecule has 0 aromatic carbocycles. The summed E-state index contributed by atoms with van der Waals surface area (Å²) in [6.45, 7) is 6.11. The first-order valence-corrected chi connectivity index (χ1v) is 9.69. The minimum Gasteiger partial charge on any atom is -0.379 e. The van der Waals surface area contributed by atoms with Gasteiger partial charge in [0.25, 0.3) is 0 Å². The highest BCUT2D eigenvalue weighted by Crippen LogP contribution is 2.17. The SMILES string of the molecule is CN=C(NCCCOC1CCOC1)NCc1ccc(N2CCCC2)nc1. The Balaban J connectivity index is 1.31. The summed E-state index contributed by atoms with van der Waals surface area (Å²) >= 11 is 0. The van der Waals surface area contributed by atoms with Crippen LogP contribution in [0.1, 0.15) is 31.2 Å². The van der Waals surface area contributed by atoms with Gasteiger partial charge in [-0.05, 0) is 37.3 Å². The van der Waals surface area contributed by atoms with Crippen molar-refractivity contribution in [3.63, 3.8) is 0 Å². The van der Waals surface area contributed by atoms with E-state index in [-0.39, 0.29) is 6.10 Å². The number of anilines is 1. The zero-order valence-electron chi connectivity index (χ0n) is 15.7. The molecule has 1 unspecified atom stereocenters. The van der Waals surface area contributed by atoms with Gasteiger partial charge in [0.05, 0.1) is 12.7 Å². The Bertz CT molecular complexity index is 552. The zero-order chi connectivity index (χ0) is 18.0. The summed E-state index contributed by atoms with van der Waals surface area (Å²) < 4.78 is 11.1. The van der Waals surface area contributed by atoms with Crippen molar-refractivity contribution in [1.82, 2.24) is 15.6 Å². The molecule has 0 spiro atoms. The van der Waals surface area contributed by atoms with Gasteiger partial charge in [-0.15, -0.1) is 0 Å². The predicted octanol–water partition coefficient (Wildman–Crippen LogP) is 1.54. The second-order valence-corrected chi connectivity index (χ2v) is 6.78. The molecule has 0 amide bonds. The molecule has 0 bridgehead atoms. The van der Waals surface area contributed by atoms with Crippen molar-refractivity contribution >= 4 is 11.8 Å². The molecular weight excluding hydrogens is 330 g/mol. The number of ether oxygens (including phenoxy) is 2. The zero-order valence-corrected chi connectivity index (χ0v) is 15.7. The van der Waals surface area contributed by atoms with Gasteiger partial charge in [0.2, 0.25) is 0 Å². The van der Waals surface area contributed by atoms with Crippen LogP contribution in [0.2, 0.25) is 0 Å². The largest absolute Gasteiger partial charge is 0.379 e. The fourth-order valence-electron chi connectivity index (χ4n) is 3.23. The molecule has 0 aliphatic carbocycles. The highest BCUT2D eigenvalue weighted by Gasteiger charge is 2.15. The molecule has 1 aromatic rings. The molecule has 3 heterocycles. The third-order valence-electron chi connectivity index (χ3n) is 4.78. The average Bonchev–Trinajstić information content (AvgIpc) is 3.38. The van der Waals surface area contributed by atoms with E-state index in [2.05, 4.69) is 37.6 Å². The summed E-state index contributed by atoms with van der Waals surface area (Å²) in [5.74, 6) is 1.89. The maximum atomic E-state index is 5.76. The van der Waals surface area contributed by atoms with Crippen LogP contribution in [0, 0.1) is 0 Å². The topological polar surface area (TPSA) is 71.0 Å². The van der Waals surface area contributed by atoms with Crippen LogP contribution in [0.25, 0.3) is 0 Å². The molecule has 2 aliphatic heterocycles. The van der Waals surface area contributed by atoms with Gasteiger partial charge < -0.3 is 25.0 Å². The van der Waals surface area contributed by atoms with E-state index in [1.54, 1.807) is 7.05 Å². The normalized spacial score (nSPS) is 20.6. The lowest BCUT2D eigenvalue weighted by molar-refractivity contribution is 0.0420. The Morgan fingerprint density at radius 3 is 2.92 bits per heavy atom. The van der Waals surface area contributed by atoms with Crippen LogP contribution in [0.5, 0.6) is 0 Å². The van der Waals surface area contributed by atoms with Crippen molar-refractivity contribution in [2.45, 2.75) is 38.3 Å².